The van der Waals surface area contributed by atoms with Crippen molar-refractivity contribution in [3.8, 4) is 5.88 Å². The van der Waals surface area contributed by atoms with Crippen LogP contribution in [0.4, 0.5) is 11.5 Å². The van der Waals surface area contributed by atoms with Crippen LogP contribution in [0.5, 0.6) is 5.88 Å². The van der Waals surface area contributed by atoms with Gasteiger partial charge in [-0.1, -0.05) is 30.3 Å². The normalized spacial score (nSPS) is 11.8. The number of pyridine rings is 1. The number of nitrogens with zero attached hydrogens (tertiary/aromatic N) is 2. The number of fused-ring (bicyclic) bond motifs is 1. The van der Waals surface area contributed by atoms with E-state index in [9.17, 15) is 5.11 Å². The molecule has 0 spiro atoms. The fraction of sp³-hybridized carbons (Fsp3) is 0. The van der Waals surface area contributed by atoms with Gasteiger partial charge in [-0.25, -0.2) is 9.98 Å². The summed E-state index contributed by atoms with van der Waals surface area (Å²) >= 11 is 3.38. The van der Waals surface area contributed by atoms with Crippen molar-refractivity contribution in [3.63, 3.8) is 0 Å². The average Bonchev–Trinajstić information content (AvgIpc) is 2.97. The first-order valence-corrected chi connectivity index (χ1v) is 8.77. The second-order valence-corrected chi connectivity index (χ2v) is 6.73. The van der Waals surface area contributed by atoms with Gasteiger partial charge in [-0.2, -0.15) is 0 Å². The first kappa shape index (κ1) is 16.4. The van der Waals surface area contributed by atoms with E-state index in [-0.39, 0.29) is 5.88 Å². The summed E-state index contributed by atoms with van der Waals surface area (Å²) in [5.74, 6) is 0.593. The summed E-state index contributed by atoms with van der Waals surface area (Å²) in [7, 11) is 0. The number of rotatable bonds is 3. The van der Waals surface area contributed by atoms with E-state index in [1.165, 1.54) is 0 Å². The number of anilines is 1. The number of hydrogen-bond acceptors (Lipinski definition) is 4. The number of nitrogen functional groups attached to an aromatic ring is 1. The van der Waals surface area contributed by atoms with E-state index in [4.69, 9.17) is 10.7 Å². The van der Waals surface area contributed by atoms with Gasteiger partial charge >= 0.3 is 0 Å². The highest BCUT2D eigenvalue weighted by Gasteiger charge is 2.19. The summed E-state index contributed by atoms with van der Waals surface area (Å²) in [6, 6.07) is 18.8. The third-order valence-corrected chi connectivity index (χ3v) is 4.49. The van der Waals surface area contributed by atoms with Crippen LogP contribution in [0.25, 0.3) is 10.9 Å². The summed E-state index contributed by atoms with van der Waals surface area (Å²) in [5.41, 5.74) is 9.46. The summed E-state index contributed by atoms with van der Waals surface area (Å²) in [6.07, 6.45) is 1.69. The average molecular weight is 407 g/mol. The molecule has 0 bridgehead atoms. The summed E-state index contributed by atoms with van der Waals surface area (Å²) < 4.78 is 0.875. The van der Waals surface area contributed by atoms with Crippen molar-refractivity contribution in [2.24, 2.45) is 4.99 Å². The van der Waals surface area contributed by atoms with Gasteiger partial charge in [0.15, 0.2) is 11.7 Å². The molecule has 4 rings (SSSR count). The van der Waals surface area contributed by atoms with E-state index in [1.54, 1.807) is 12.3 Å². The lowest BCUT2D eigenvalue weighted by atomic mass is 10.0. The van der Waals surface area contributed by atoms with E-state index in [1.807, 2.05) is 54.6 Å². The quantitative estimate of drug-likeness (QED) is 0.337. The minimum absolute atomic E-state index is 0.0466. The topological polar surface area (TPSA) is 87.3 Å². The number of H-pyrrole nitrogens is 1. The van der Waals surface area contributed by atoms with Gasteiger partial charge in [0.25, 0.3) is 0 Å². The standard InChI is InChI=1S/C20H15BrN4O/c21-13-6-9-17(23-11-13)25-19(12-4-2-1-3-5-12)18-15-10-14(22)7-8-16(15)24-20(18)26/h1-11,24,26H,22H2. The second kappa shape index (κ2) is 6.65. The van der Waals surface area contributed by atoms with Gasteiger partial charge in [-0.3, -0.25) is 0 Å². The van der Waals surface area contributed by atoms with Gasteiger partial charge < -0.3 is 15.8 Å². The van der Waals surface area contributed by atoms with E-state index in [0.717, 1.165) is 20.9 Å². The predicted molar refractivity (Wildman–Crippen MR) is 108 cm³/mol. The van der Waals surface area contributed by atoms with E-state index < -0.39 is 0 Å². The molecular formula is C20H15BrN4O. The zero-order valence-corrected chi connectivity index (χ0v) is 15.2. The van der Waals surface area contributed by atoms with Crippen molar-refractivity contribution in [3.05, 3.63) is 82.5 Å². The molecule has 0 saturated heterocycles. The van der Waals surface area contributed by atoms with Crippen LogP contribution < -0.4 is 5.73 Å². The molecule has 0 aliphatic carbocycles. The third kappa shape index (κ3) is 3.07. The van der Waals surface area contributed by atoms with Crippen molar-refractivity contribution < 1.29 is 5.11 Å². The van der Waals surface area contributed by atoms with Crippen molar-refractivity contribution in [2.75, 3.05) is 5.73 Å². The Kier molecular flexibility index (Phi) is 4.18. The first-order chi connectivity index (χ1) is 12.6. The molecule has 0 unspecified atom stereocenters. The van der Waals surface area contributed by atoms with Crippen molar-refractivity contribution in [2.45, 2.75) is 0 Å². The van der Waals surface area contributed by atoms with Crippen LogP contribution >= 0.6 is 15.9 Å². The molecular weight excluding hydrogens is 392 g/mol. The van der Waals surface area contributed by atoms with Crippen molar-refractivity contribution >= 4 is 44.0 Å². The van der Waals surface area contributed by atoms with E-state index >= 15 is 0 Å². The number of aromatic amines is 1. The molecule has 2 aromatic carbocycles. The molecule has 0 atom stereocenters. The largest absolute Gasteiger partial charge is 0.494 e. The molecule has 6 heteroatoms. The van der Waals surface area contributed by atoms with E-state index in [2.05, 4.69) is 25.9 Å². The van der Waals surface area contributed by atoms with Crippen LogP contribution in [-0.4, -0.2) is 20.8 Å². The zero-order valence-electron chi connectivity index (χ0n) is 13.6. The number of hydrogen-bond donors (Lipinski definition) is 3. The maximum atomic E-state index is 10.6. The molecule has 0 aliphatic rings. The van der Waals surface area contributed by atoms with Crippen molar-refractivity contribution in [1.82, 2.24) is 9.97 Å². The minimum Gasteiger partial charge on any atom is -0.494 e. The molecule has 5 nitrogen and oxygen atoms in total. The summed E-state index contributed by atoms with van der Waals surface area (Å²) in [4.78, 5) is 12.0. The Morgan fingerprint density at radius 3 is 2.62 bits per heavy atom. The number of benzene rings is 2. The fourth-order valence-electron chi connectivity index (χ4n) is 2.84. The van der Waals surface area contributed by atoms with Crippen molar-refractivity contribution in [1.29, 1.82) is 0 Å². The van der Waals surface area contributed by atoms with Gasteiger partial charge in [0, 0.05) is 32.8 Å². The molecule has 0 fully saturated rings. The Morgan fingerprint density at radius 2 is 1.88 bits per heavy atom. The number of halogens is 1. The third-order valence-electron chi connectivity index (χ3n) is 4.02. The van der Waals surface area contributed by atoms with Crippen LogP contribution in [0.1, 0.15) is 11.1 Å². The fourth-order valence-corrected chi connectivity index (χ4v) is 3.08. The number of nitrogens with two attached hydrogens (primary N) is 1. The summed E-state index contributed by atoms with van der Waals surface area (Å²) in [5, 5.41) is 11.4. The van der Waals surface area contributed by atoms with Gasteiger partial charge in [-0.15, -0.1) is 0 Å². The molecule has 0 saturated carbocycles. The highest BCUT2D eigenvalue weighted by Crippen LogP contribution is 2.32. The maximum absolute atomic E-state index is 10.6. The lowest BCUT2D eigenvalue weighted by Gasteiger charge is -2.07. The zero-order chi connectivity index (χ0) is 18.1. The predicted octanol–water partition coefficient (Wildman–Crippen LogP) is 4.78. The Balaban J connectivity index is 1.99. The maximum Gasteiger partial charge on any atom is 0.199 e. The van der Waals surface area contributed by atoms with Crippen LogP contribution in [0.2, 0.25) is 0 Å². The van der Waals surface area contributed by atoms with E-state index in [0.29, 0.717) is 22.8 Å². The molecule has 4 aromatic rings. The number of nitrogens with one attached hydrogen (secondary N) is 1. The lowest BCUT2D eigenvalue weighted by Crippen LogP contribution is -2.03. The lowest BCUT2D eigenvalue weighted by molar-refractivity contribution is 0.457. The van der Waals surface area contributed by atoms with Crippen LogP contribution in [0, 0.1) is 0 Å². The molecule has 2 heterocycles. The van der Waals surface area contributed by atoms with Crippen LogP contribution in [-0.2, 0) is 0 Å². The minimum atomic E-state index is 0.0466. The smallest absolute Gasteiger partial charge is 0.199 e. The Labute approximate surface area is 158 Å². The Morgan fingerprint density at radius 1 is 1.08 bits per heavy atom. The molecule has 0 amide bonds. The number of aromatic nitrogens is 2. The molecule has 26 heavy (non-hydrogen) atoms. The van der Waals surface area contributed by atoms with Gasteiger partial charge in [0.05, 0.1) is 11.3 Å². The molecule has 128 valence electrons. The molecule has 0 radical (unpaired) electrons. The first-order valence-electron chi connectivity index (χ1n) is 7.98. The Hall–Kier alpha value is -3.12. The highest BCUT2D eigenvalue weighted by molar-refractivity contribution is 9.10. The number of aromatic hydroxyl groups is 1. The highest BCUT2D eigenvalue weighted by atomic mass is 79.9. The van der Waals surface area contributed by atoms with Gasteiger partial charge in [0.2, 0.25) is 0 Å². The molecule has 4 N–H and O–H groups in total. The second-order valence-electron chi connectivity index (χ2n) is 5.81. The SMILES string of the molecule is Nc1ccc2[nH]c(O)c(C(=Nc3ccc(Br)cn3)c3ccccc3)c2c1. The molecule has 2 aromatic heterocycles. The van der Waals surface area contributed by atoms with Gasteiger partial charge in [0.1, 0.15) is 0 Å². The monoisotopic (exact) mass is 406 g/mol. The number of aliphatic imine (C=N–C) groups is 1. The molecule has 0 aliphatic heterocycles. The van der Waals surface area contributed by atoms with Gasteiger partial charge in [-0.05, 0) is 46.3 Å². The summed E-state index contributed by atoms with van der Waals surface area (Å²) in [6.45, 7) is 0. The Bertz CT molecular complexity index is 1100. The van der Waals surface area contributed by atoms with Crippen LogP contribution in [0.15, 0.2) is 76.3 Å². The van der Waals surface area contributed by atoms with Crippen LogP contribution in [0.3, 0.4) is 0 Å².